The highest BCUT2D eigenvalue weighted by atomic mass is 32.2. The first-order valence-electron chi connectivity index (χ1n) is 6.87. The minimum atomic E-state index is -0.204. The number of aromatic nitrogens is 5. The largest absolute Gasteiger partial charge is 0.323 e. The monoisotopic (exact) mass is 326 g/mol. The van der Waals surface area contributed by atoms with E-state index in [0.29, 0.717) is 5.82 Å². The zero-order chi connectivity index (χ0) is 16.1. The van der Waals surface area contributed by atoms with Crippen molar-refractivity contribution in [2.75, 3.05) is 11.6 Å². The summed E-state index contributed by atoms with van der Waals surface area (Å²) < 4.78 is 0. The molecule has 0 aliphatic heterocycles. The highest BCUT2D eigenvalue weighted by Gasteiger charge is 2.10. The van der Waals surface area contributed by atoms with Crippen molar-refractivity contribution < 1.29 is 4.79 Å². The second kappa shape index (κ2) is 7.01. The van der Waals surface area contributed by atoms with E-state index in [0.717, 1.165) is 16.1 Å². The summed E-state index contributed by atoms with van der Waals surface area (Å²) >= 11 is 1.57. The predicted octanol–water partition coefficient (Wildman–Crippen LogP) is 2.10. The van der Waals surface area contributed by atoms with Gasteiger partial charge in [0.25, 0.3) is 0 Å². The fourth-order valence-electron chi connectivity index (χ4n) is 1.99. The molecule has 0 radical (unpaired) electrons. The maximum atomic E-state index is 12.1. The molecule has 116 valence electrons. The van der Waals surface area contributed by atoms with E-state index in [1.54, 1.807) is 36.3 Å². The van der Waals surface area contributed by atoms with Crippen LogP contribution in [-0.4, -0.2) is 37.4 Å². The molecular weight excluding hydrogens is 312 g/mol. The van der Waals surface area contributed by atoms with E-state index in [2.05, 4.69) is 25.7 Å². The number of nitrogens with one attached hydrogen (secondary N) is 1. The Hall–Kier alpha value is -2.74. The van der Waals surface area contributed by atoms with Crippen molar-refractivity contribution in [3.63, 3.8) is 0 Å². The Morgan fingerprint density at radius 1 is 1.22 bits per heavy atom. The molecule has 2 heterocycles. The highest BCUT2D eigenvalue weighted by Crippen LogP contribution is 2.24. The van der Waals surface area contributed by atoms with Crippen LogP contribution in [-0.2, 0) is 11.3 Å². The number of carbonyl (C=O) groups is 1. The van der Waals surface area contributed by atoms with Gasteiger partial charge in [-0.25, -0.2) is 0 Å². The summed E-state index contributed by atoms with van der Waals surface area (Å²) in [6, 6.07) is 11.2. The van der Waals surface area contributed by atoms with E-state index in [9.17, 15) is 4.79 Å². The molecule has 0 fully saturated rings. The summed E-state index contributed by atoms with van der Waals surface area (Å²) in [5.41, 5.74) is 1.58. The number of thioether (sulfide) groups is 1. The van der Waals surface area contributed by atoms with Gasteiger partial charge < -0.3 is 5.32 Å². The Balaban J connectivity index is 1.68. The summed E-state index contributed by atoms with van der Waals surface area (Å²) in [5.74, 6) is 0.259. The van der Waals surface area contributed by atoms with Crippen LogP contribution in [0.4, 0.5) is 5.69 Å². The summed E-state index contributed by atoms with van der Waals surface area (Å²) in [6.07, 6.45) is 5.27. The first-order valence-corrected chi connectivity index (χ1v) is 8.10. The lowest BCUT2D eigenvalue weighted by Crippen LogP contribution is -2.20. The minimum Gasteiger partial charge on any atom is -0.323 e. The quantitative estimate of drug-likeness (QED) is 0.723. The SMILES string of the molecule is CSc1ccccc1NC(=O)Cn1nnc(-c2ccncc2)n1. The number of hydrogen-bond donors (Lipinski definition) is 1. The number of hydrogen-bond acceptors (Lipinski definition) is 6. The predicted molar refractivity (Wildman–Crippen MR) is 87.9 cm³/mol. The summed E-state index contributed by atoms with van der Waals surface area (Å²) in [5, 5.41) is 14.9. The maximum absolute atomic E-state index is 12.1. The van der Waals surface area contributed by atoms with Gasteiger partial charge in [-0.2, -0.15) is 4.80 Å². The van der Waals surface area contributed by atoms with Crippen molar-refractivity contribution in [3.8, 4) is 11.4 Å². The van der Waals surface area contributed by atoms with E-state index in [-0.39, 0.29) is 12.5 Å². The molecule has 3 rings (SSSR count). The van der Waals surface area contributed by atoms with E-state index in [1.807, 2.05) is 30.5 Å². The first-order chi connectivity index (χ1) is 11.3. The van der Waals surface area contributed by atoms with Gasteiger partial charge in [-0.05, 0) is 35.7 Å². The van der Waals surface area contributed by atoms with Crippen LogP contribution in [0.25, 0.3) is 11.4 Å². The Bertz CT molecular complexity index is 804. The van der Waals surface area contributed by atoms with Gasteiger partial charge in [0.2, 0.25) is 11.7 Å². The fourth-order valence-corrected chi connectivity index (χ4v) is 2.55. The Kier molecular flexibility index (Phi) is 4.62. The molecule has 7 nitrogen and oxygen atoms in total. The average molecular weight is 326 g/mol. The third-order valence-corrected chi connectivity index (χ3v) is 3.85. The smallest absolute Gasteiger partial charge is 0.248 e. The lowest BCUT2D eigenvalue weighted by atomic mass is 10.3. The van der Waals surface area contributed by atoms with E-state index < -0.39 is 0 Å². The van der Waals surface area contributed by atoms with Gasteiger partial charge in [0, 0.05) is 22.9 Å². The van der Waals surface area contributed by atoms with Gasteiger partial charge in [-0.15, -0.1) is 22.0 Å². The van der Waals surface area contributed by atoms with Crippen LogP contribution in [0, 0.1) is 0 Å². The zero-order valence-corrected chi connectivity index (χ0v) is 13.2. The molecule has 1 N–H and O–H groups in total. The van der Waals surface area contributed by atoms with Gasteiger partial charge >= 0.3 is 0 Å². The molecule has 0 aliphatic carbocycles. The van der Waals surface area contributed by atoms with Gasteiger partial charge in [-0.1, -0.05) is 12.1 Å². The number of rotatable bonds is 5. The normalized spacial score (nSPS) is 10.5. The highest BCUT2D eigenvalue weighted by molar-refractivity contribution is 7.98. The Morgan fingerprint density at radius 2 is 2.00 bits per heavy atom. The number of amides is 1. The van der Waals surface area contributed by atoms with Crippen molar-refractivity contribution >= 4 is 23.4 Å². The van der Waals surface area contributed by atoms with Gasteiger partial charge in [0.05, 0.1) is 5.69 Å². The number of para-hydroxylation sites is 1. The molecule has 23 heavy (non-hydrogen) atoms. The van der Waals surface area contributed by atoms with Crippen molar-refractivity contribution in [2.45, 2.75) is 11.4 Å². The maximum Gasteiger partial charge on any atom is 0.248 e. The summed E-state index contributed by atoms with van der Waals surface area (Å²) in [7, 11) is 0. The molecule has 2 aromatic heterocycles. The molecule has 1 aromatic carbocycles. The average Bonchev–Trinajstić information content (AvgIpc) is 3.04. The standard InChI is InChI=1S/C15H14N6OS/c1-23-13-5-3-2-4-12(13)17-14(22)10-21-19-15(18-20-21)11-6-8-16-9-7-11/h2-9H,10H2,1H3,(H,17,22). The first kappa shape index (κ1) is 15.2. The van der Waals surface area contributed by atoms with Gasteiger partial charge in [0.15, 0.2) is 0 Å². The molecule has 8 heteroatoms. The van der Waals surface area contributed by atoms with Crippen molar-refractivity contribution in [1.82, 2.24) is 25.2 Å². The van der Waals surface area contributed by atoms with Crippen LogP contribution >= 0.6 is 11.8 Å². The number of benzene rings is 1. The number of tetrazole rings is 1. The second-order valence-electron chi connectivity index (χ2n) is 4.63. The number of anilines is 1. The molecule has 0 aliphatic rings. The number of nitrogens with zero attached hydrogens (tertiary/aromatic N) is 5. The summed E-state index contributed by atoms with van der Waals surface area (Å²) in [4.78, 5) is 18.4. The molecule has 0 bridgehead atoms. The second-order valence-corrected chi connectivity index (χ2v) is 5.48. The van der Waals surface area contributed by atoms with Crippen LogP contribution in [0.1, 0.15) is 0 Å². The third kappa shape index (κ3) is 3.72. The molecule has 3 aromatic rings. The molecule has 0 unspecified atom stereocenters. The van der Waals surface area contributed by atoms with Gasteiger partial charge in [0.1, 0.15) is 6.54 Å². The van der Waals surface area contributed by atoms with Gasteiger partial charge in [-0.3, -0.25) is 9.78 Å². The van der Waals surface area contributed by atoms with Crippen LogP contribution in [0.2, 0.25) is 0 Å². The Labute approximate surface area is 137 Å². The minimum absolute atomic E-state index is 0.000792. The van der Waals surface area contributed by atoms with Crippen molar-refractivity contribution in [3.05, 3.63) is 48.8 Å². The van der Waals surface area contributed by atoms with E-state index in [1.165, 1.54) is 4.80 Å². The lowest BCUT2D eigenvalue weighted by molar-refractivity contribution is -0.117. The van der Waals surface area contributed by atoms with Crippen molar-refractivity contribution in [1.29, 1.82) is 0 Å². The molecular formula is C15H14N6OS. The number of carbonyl (C=O) groups excluding carboxylic acids is 1. The molecule has 0 atom stereocenters. The lowest BCUT2D eigenvalue weighted by Gasteiger charge is -2.08. The fraction of sp³-hybridized carbons (Fsp3) is 0.133. The zero-order valence-electron chi connectivity index (χ0n) is 12.4. The molecule has 0 spiro atoms. The molecule has 0 saturated carbocycles. The van der Waals surface area contributed by atoms with E-state index >= 15 is 0 Å². The topological polar surface area (TPSA) is 85.6 Å². The van der Waals surface area contributed by atoms with Crippen LogP contribution in [0.15, 0.2) is 53.7 Å². The van der Waals surface area contributed by atoms with Crippen LogP contribution in [0.5, 0.6) is 0 Å². The Morgan fingerprint density at radius 3 is 2.78 bits per heavy atom. The van der Waals surface area contributed by atoms with Crippen LogP contribution < -0.4 is 5.32 Å². The summed E-state index contributed by atoms with van der Waals surface area (Å²) in [6.45, 7) is 0.000792. The third-order valence-electron chi connectivity index (χ3n) is 3.06. The molecule has 0 saturated heterocycles. The van der Waals surface area contributed by atoms with Crippen molar-refractivity contribution in [2.24, 2.45) is 0 Å². The van der Waals surface area contributed by atoms with E-state index in [4.69, 9.17) is 0 Å². The molecule has 1 amide bonds. The van der Waals surface area contributed by atoms with Crippen LogP contribution in [0.3, 0.4) is 0 Å². The number of pyridine rings is 1.